The second-order valence-electron chi connectivity index (χ2n) is 3.00. The lowest BCUT2D eigenvalue weighted by Crippen LogP contribution is -1.89. The Labute approximate surface area is 76.0 Å². The van der Waals surface area contributed by atoms with Crippen LogP contribution in [0.1, 0.15) is 40.0 Å². The minimum absolute atomic E-state index is 0.828. The molecule has 1 unspecified atom stereocenters. The minimum Gasteiger partial charge on any atom is -0.0661 e. The van der Waals surface area contributed by atoms with E-state index in [1.165, 1.54) is 12.8 Å². The van der Waals surface area contributed by atoms with Gasteiger partial charge in [-0.25, -0.2) is 0 Å². The molecule has 1 atom stereocenters. The molecule has 12 heavy (non-hydrogen) atoms. The summed E-state index contributed by atoms with van der Waals surface area (Å²) in [6.07, 6.45) is 7.48. The lowest BCUT2D eigenvalue weighted by molar-refractivity contribution is 0.522. The van der Waals surface area contributed by atoms with Crippen LogP contribution in [0.5, 0.6) is 0 Å². The fraction of sp³-hybridized carbons (Fsp3) is 0.583. The molecule has 0 heteroatoms. The molecule has 0 aromatic heterocycles. The molecule has 0 amide bonds. The molecule has 0 aliphatic rings. The van der Waals surface area contributed by atoms with Crippen LogP contribution < -0.4 is 0 Å². The number of allylic oxidation sites excluding steroid dienone is 2. The van der Waals surface area contributed by atoms with E-state index in [-0.39, 0.29) is 0 Å². The molecular formula is C12H18. The number of rotatable bonds is 4. The molecule has 0 radical (unpaired) electrons. The fourth-order valence-electron chi connectivity index (χ4n) is 0.809. The van der Waals surface area contributed by atoms with Crippen LogP contribution in [-0.4, -0.2) is 0 Å². The van der Waals surface area contributed by atoms with Crippen LogP contribution in [0, 0.1) is 5.92 Å². The third-order valence-corrected chi connectivity index (χ3v) is 1.89. The van der Waals surface area contributed by atoms with Gasteiger partial charge in [0.15, 0.2) is 0 Å². The first kappa shape index (κ1) is 11.1. The molecule has 66 valence electrons. The lowest BCUT2D eigenvalue weighted by atomic mass is 10.0. The van der Waals surface area contributed by atoms with Gasteiger partial charge in [0.05, 0.1) is 0 Å². The highest BCUT2D eigenvalue weighted by Crippen LogP contribution is 2.08. The van der Waals surface area contributed by atoms with Crippen molar-refractivity contribution < 1.29 is 0 Å². The zero-order valence-corrected chi connectivity index (χ0v) is 8.35. The first-order valence-electron chi connectivity index (χ1n) is 4.66. The highest BCUT2D eigenvalue weighted by molar-refractivity contribution is 4.86. The van der Waals surface area contributed by atoms with Gasteiger partial charge in [-0.15, -0.1) is 0 Å². The fourth-order valence-corrected chi connectivity index (χ4v) is 0.809. The Balaban J connectivity index is 3.70. The maximum absolute atomic E-state index is 2.95. The van der Waals surface area contributed by atoms with E-state index in [9.17, 15) is 0 Å². The first-order valence-corrected chi connectivity index (χ1v) is 4.66. The molecule has 0 nitrogen and oxygen atoms in total. The summed E-state index contributed by atoms with van der Waals surface area (Å²) >= 11 is 0. The molecule has 0 aliphatic carbocycles. The molecule has 0 N–H and O–H groups in total. The minimum atomic E-state index is 0.828. The van der Waals surface area contributed by atoms with Crippen LogP contribution in [0.25, 0.3) is 0 Å². The second kappa shape index (κ2) is 8.18. The monoisotopic (exact) mass is 162 g/mol. The Hall–Kier alpha value is -0.920. The lowest BCUT2D eigenvalue weighted by Gasteiger charge is -2.02. The van der Waals surface area contributed by atoms with Crippen molar-refractivity contribution in [3.63, 3.8) is 0 Å². The van der Waals surface area contributed by atoms with Gasteiger partial charge in [0.2, 0.25) is 0 Å². The zero-order valence-electron chi connectivity index (χ0n) is 8.35. The predicted molar refractivity (Wildman–Crippen MR) is 54.0 cm³/mol. The molecule has 0 saturated carbocycles. The second-order valence-corrected chi connectivity index (χ2v) is 3.00. The molecule has 0 aromatic rings. The van der Waals surface area contributed by atoms with Crippen LogP contribution >= 0.6 is 0 Å². The Morgan fingerprint density at radius 3 is 2.67 bits per heavy atom. The van der Waals surface area contributed by atoms with Gasteiger partial charge in [-0.3, -0.25) is 0 Å². The summed E-state index contributed by atoms with van der Waals surface area (Å²) in [6, 6.07) is 0. The van der Waals surface area contributed by atoms with E-state index in [2.05, 4.69) is 31.0 Å². The summed E-state index contributed by atoms with van der Waals surface area (Å²) in [5.74, 6) is 0.828. The van der Waals surface area contributed by atoms with Crippen LogP contribution in [-0.2, 0) is 0 Å². The van der Waals surface area contributed by atoms with Crippen LogP contribution in [0.2, 0.25) is 0 Å². The molecule has 0 heterocycles. The summed E-state index contributed by atoms with van der Waals surface area (Å²) in [4.78, 5) is 0. The van der Waals surface area contributed by atoms with Crippen LogP contribution in [0.15, 0.2) is 29.3 Å². The molecule has 0 aliphatic heterocycles. The molecule has 0 rings (SSSR count). The topological polar surface area (TPSA) is 0 Å². The van der Waals surface area contributed by atoms with E-state index < -0.39 is 0 Å². The summed E-state index contributed by atoms with van der Waals surface area (Å²) in [7, 11) is 0. The van der Waals surface area contributed by atoms with Gasteiger partial charge < -0.3 is 0 Å². The highest BCUT2D eigenvalue weighted by atomic mass is 14.0. The average molecular weight is 162 g/mol. The van der Waals surface area contributed by atoms with Gasteiger partial charge in [0, 0.05) is 0 Å². The van der Waals surface area contributed by atoms with Gasteiger partial charge in [0.1, 0.15) is 0 Å². The summed E-state index contributed by atoms with van der Waals surface area (Å²) in [5, 5.41) is 0. The van der Waals surface area contributed by atoms with Gasteiger partial charge >= 0.3 is 0 Å². The van der Waals surface area contributed by atoms with E-state index in [0.29, 0.717) is 0 Å². The van der Waals surface area contributed by atoms with E-state index in [1.54, 1.807) is 0 Å². The summed E-state index contributed by atoms with van der Waals surface area (Å²) < 4.78 is 0. The maximum Gasteiger partial charge on any atom is -0.0197 e. The Kier molecular flexibility index (Phi) is 7.55. The predicted octanol–water partition coefficient (Wildman–Crippen LogP) is 3.85. The van der Waals surface area contributed by atoms with Crippen molar-refractivity contribution in [1.29, 1.82) is 0 Å². The first-order chi connectivity index (χ1) is 5.81. The highest BCUT2D eigenvalue weighted by Gasteiger charge is 1.94. The third kappa shape index (κ3) is 7.19. The Bertz CT molecular complexity index is 216. The van der Waals surface area contributed by atoms with Crippen molar-refractivity contribution >= 4 is 0 Å². The zero-order chi connectivity index (χ0) is 9.23. The Morgan fingerprint density at radius 2 is 2.08 bits per heavy atom. The quantitative estimate of drug-likeness (QED) is 0.551. The van der Waals surface area contributed by atoms with Gasteiger partial charge in [-0.05, 0) is 43.6 Å². The van der Waals surface area contributed by atoms with Crippen molar-refractivity contribution in [1.82, 2.24) is 0 Å². The van der Waals surface area contributed by atoms with Crippen molar-refractivity contribution in [2.24, 2.45) is 5.92 Å². The molecule has 0 spiro atoms. The van der Waals surface area contributed by atoms with Crippen LogP contribution in [0.4, 0.5) is 0 Å². The SMILES string of the molecule is CC=C=C=C=CCCC(C)CC. The summed E-state index contributed by atoms with van der Waals surface area (Å²) in [5.41, 5.74) is 8.60. The average Bonchev–Trinajstić information content (AvgIpc) is 2.10. The van der Waals surface area contributed by atoms with Gasteiger partial charge in [0.25, 0.3) is 0 Å². The smallest absolute Gasteiger partial charge is 0.0197 e. The van der Waals surface area contributed by atoms with Crippen molar-refractivity contribution in [2.45, 2.75) is 40.0 Å². The van der Waals surface area contributed by atoms with E-state index in [0.717, 1.165) is 12.3 Å². The Morgan fingerprint density at radius 1 is 1.33 bits per heavy atom. The number of hydrogen-bond acceptors (Lipinski definition) is 0. The van der Waals surface area contributed by atoms with Gasteiger partial charge in [-0.2, -0.15) is 0 Å². The normalized spacial score (nSPS) is 10.6. The van der Waals surface area contributed by atoms with E-state index in [4.69, 9.17) is 0 Å². The van der Waals surface area contributed by atoms with Crippen molar-refractivity contribution in [3.8, 4) is 0 Å². The van der Waals surface area contributed by atoms with E-state index in [1.807, 2.05) is 19.1 Å². The molecular weight excluding hydrogens is 144 g/mol. The maximum atomic E-state index is 2.95. The standard InChI is InChI=1S/C12H18/c1-4-6-7-8-9-10-11-12(3)5-2/h4,9,12H,5,10-11H2,1-3H3. The summed E-state index contributed by atoms with van der Waals surface area (Å²) in [6.45, 7) is 6.43. The molecule has 0 aromatic carbocycles. The molecule has 0 bridgehead atoms. The molecule has 0 saturated heterocycles. The van der Waals surface area contributed by atoms with Crippen molar-refractivity contribution in [3.05, 3.63) is 29.3 Å². The largest absolute Gasteiger partial charge is 0.0661 e. The third-order valence-electron chi connectivity index (χ3n) is 1.89. The van der Waals surface area contributed by atoms with Crippen molar-refractivity contribution in [2.75, 3.05) is 0 Å². The number of hydrogen-bond donors (Lipinski definition) is 0. The van der Waals surface area contributed by atoms with Gasteiger partial charge in [-0.1, -0.05) is 31.7 Å². The van der Waals surface area contributed by atoms with Crippen LogP contribution in [0.3, 0.4) is 0 Å². The van der Waals surface area contributed by atoms with E-state index >= 15 is 0 Å². The molecule has 0 fully saturated rings.